The molecule has 0 saturated carbocycles. The van der Waals surface area contributed by atoms with Crippen LogP contribution >= 0.6 is 0 Å². The second-order valence-corrected chi connectivity index (χ2v) is 12.6. The minimum atomic E-state index is -0.698. The number of hydrogen-bond acceptors (Lipinski definition) is 10. The van der Waals surface area contributed by atoms with Crippen molar-refractivity contribution in [3.05, 3.63) is 183 Å². The summed E-state index contributed by atoms with van der Waals surface area (Å²) < 4.78 is 46.4. The molecule has 2 unspecified atom stereocenters. The van der Waals surface area contributed by atoms with E-state index in [1.54, 1.807) is 48.5 Å². The molecule has 10 heteroatoms. The smallest absolute Gasteiger partial charge is 0.330 e. The zero-order valence-corrected chi connectivity index (χ0v) is 31.6. The maximum Gasteiger partial charge on any atom is 0.330 e. The van der Waals surface area contributed by atoms with E-state index in [0.29, 0.717) is 34.5 Å². The molecule has 58 heavy (non-hydrogen) atoms. The monoisotopic (exact) mass is 778 g/mol. The van der Waals surface area contributed by atoms with Crippen LogP contribution in [0.15, 0.2) is 183 Å². The normalized spacial score (nSPS) is 11.5. The summed E-state index contributed by atoms with van der Waals surface area (Å²) in [6.45, 7) is 7.23. The number of esters is 2. The van der Waals surface area contributed by atoms with E-state index in [4.69, 9.17) is 37.9 Å². The number of para-hydroxylation sites is 2. The van der Waals surface area contributed by atoms with E-state index in [9.17, 15) is 9.59 Å². The third kappa shape index (κ3) is 12.8. The van der Waals surface area contributed by atoms with Gasteiger partial charge in [-0.2, -0.15) is 0 Å². The van der Waals surface area contributed by atoms with Crippen molar-refractivity contribution in [1.82, 2.24) is 0 Å². The van der Waals surface area contributed by atoms with Crippen LogP contribution in [0.3, 0.4) is 0 Å². The van der Waals surface area contributed by atoms with Crippen LogP contribution in [0, 0.1) is 0 Å². The van der Waals surface area contributed by atoms with E-state index in [2.05, 4.69) is 13.2 Å². The molecule has 0 fully saturated rings. The van der Waals surface area contributed by atoms with Crippen molar-refractivity contribution in [1.29, 1.82) is 0 Å². The first-order chi connectivity index (χ1) is 28.4. The molecule has 0 aliphatic carbocycles. The fourth-order valence-corrected chi connectivity index (χ4v) is 5.36. The van der Waals surface area contributed by atoms with Gasteiger partial charge in [-0.1, -0.05) is 73.8 Å². The lowest BCUT2D eigenvalue weighted by Crippen LogP contribution is -2.30. The highest BCUT2D eigenvalue weighted by atomic mass is 16.6. The average Bonchev–Trinajstić information content (AvgIpc) is 3.27. The van der Waals surface area contributed by atoms with E-state index in [0.717, 1.165) is 34.8 Å². The standard InChI is InChI=1S/C48H42O10/c1-3-47(49)57-45(33-53-39-23-27-43(28-24-39)55-41-11-7-5-8-12-41)31-51-37-19-15-35(16-20-37)36-17-21-38(22-18-36)52-32-46(58-48(50)4-2)34-54-40-25-29-44(30-26-40)56-42-13-9-6-10-14-42/h3-30,45-46H,1-2,31-34H2. The number of ether oxygens (including phenoxy) is 8. The summed E-state index contributed by atoms with van der Waals surface area (Å²) in [5.74, 6) is 3.97. The lowest BCUT2D eigenvalue weighted by atomic mass is 10.1. The summed E-state index contributed by atoms with van der Waals surface area (Å²) in [7, 11) is 0. The molecule has 6 aromatic rings. The largest absolute Gasteiger partial charge is 0.490 e. The molecule has 6 rings (SSSR count). The summed E-state index contributed by atoms with van der Waals surface area (Å²) in [6, 6.07) is 48.3. The molecule has 0 spiro atoms. The molecular formula is C48H42O10. The summed E-state index contributed by atoms with van der Waals surface area (Å²) in [6.07, 6.45) is 0.804. The Bertz CT molecular complexity index is 2030. The molecule has 0 heterocycles. The first-order valence-electron chi connectivity index (χ1n) is 18.5. The molecule has 0 bridgehead atoms. The minimum absolute atomic E-state index is 0.0598. The summed E-state index contributed by atoms with van der Waals surface area (Å²) in [4.78, 5) is 24.1. The lowest BCUT2D eigenvalue weighted by Gasteiger charge is -2.19. The molecule has 0 N–H and O–H groups in total. The molecule has 0 aromatic heterocycles. The minimum Gasteiger partial charge on any atom is -0.490 e. The van der Waals surface area contributed by atoms with Crippen molar-refractivity contribution in [3.63, 3.8) is 0 Å². The van der Waals surface area contributed by atoms with Crippen LogP contribution in [0.5, 0.6) is 46.0 Å². The fraction of sp³-hybridized carbons (Fsp3) is 0.125. The molecule has 0 amide bonds. The molecule has 10 nitrogen and oxygen atoms in total. The van der Waals surface area contributed by atoms with Gasteiger partial charge in [0.2, 0.25) is 0 Å². The number of carbonyl (C=O) groups is 2. The van der Waals surface area contributed by atoms with Crippen molar-refractivity contribution < 1.29 is 47.5 Å². The van der Waals surface area contributed by atoms with Crippen molar-refractivity contribution >= 4 is 11.9 Å². The zero-order chi connectivity index (χ0) is 40.4. The van der Waals surface area contributed by atoms with E-state index in [1.807, 2.05) is 109 Å². The first-order valence-corrected chi connectivity index (χ1v) is 18.5. The number of benzene rings is 6. The van der Waals surface area contributed by atoms with Gasteiger partial charge < -0.3 is 37.9 Å². The quantitative estimate of drug-likeness (QED) is 0.0518. The van der Waals surface area contributed by atoms with Gasteiger partial charge in [-0.3, -0.25) is 0 Å². The van der Waals surface area contributed by atoms with Crippen LogP contribution in [0.2, 0.25) is 0 Å². The van der Waals surface area contributed by atoms with Gasteiger partial charge in [-0.05, 0) is 108 Å². The summed E-state index contributed by atoms with van der Waals surface area (Å²) in [5.41, 5.74) is 1.89. The third-order valence-corrected chi connectivity index (χ3v) is 8.29. The highest BCUT2D eigenvalue weighted by Gasteiger charge is 2.17. The summed E-state index contributed by atoms with van der Waals surface area (Å²) >= 11 is 0. The molecule has 294 valence electrons. The Morgan fingerprint density at radius 3 is 0.931 bits per heavy atom. The predicted octanol–water partition coefficient (Wildman–Crippen LogP) is 10.0. The Labute approximate surface area is 337 Å². The van der Waals surface area contributed by atoms with Crippen LogP contribution in [0.25, 0.3) is 11.1 Å². The van der Waals surface area contributed by atoms with Crippen LogP contribution in [0.4, 0.5) is 0 Å². The van der Waals surface area contributed by atoms with Crippen LogP contribution in [-0.2, 0) is 19.1 Å². The molecule has 0 aliphatic rings. The second-order valence-electron chi connectivity index (χ2n) is 12.6. The van der Waals surface area contributed by atoms with Gasteiger partial charge >= 0.3 is 11.9 Å². The van der Waals surface area contributed by atoms with Crippen molar-refractivity contribution in [3.8, 4) is 57.1 Å². The van der Waals surface area contributed by atoms with Gasteiger partial charge in [0.15, 0.2) is 12.2 Å². The van der Waals surface area contributed by atoms with Crippen molar-refractivity contribution in [2.24, 2.45) is 0 Å². The fourth-order valence-electron chi connectivity index (χ4n) is 5.36. The van der Waals surface area contributed by atoms with E-state index < -0.39 is 24.1 Å². The average molecular weight is 779 g/mol. The van der Waals surface area contributed by atoms with Crippen LogP contribution in [0.1, 0.15) is 0 Å². The Hall–Kier alpha value is -7.46. The van der Waals surface area contributed by atoms with Gasteiger partial charge in [0, 0.05) is 12.2 Å². The lowest BCUT2D eigenvalue weighted by molar-refractivity contribution is -0.147. The Balaban J connectivity index is 0.971. The van der Waals surface area contributed by atoms with E-state index >= 15 is 0 Å². The number of rotatable bonds is 21. The Morgan fingerprint density at radius 1 is 0.379 bits per heavy atom. The topological polar surface area (TPSA) is 108 Å². The molecule has 0 aliphatic heterocycles. The molecular weight excluding hydrogens is 737 g/mol. The molecule has 0 radical (unpaired) electrons. The van der Waals surface area contributed by atoms with E-state index in [1.165, 1.54) is 0 Å². The summed E-state index contributed by atoms with van der Waals surface area (Å²) in [5, 5.41) is 0. The SMILES string of the molecule is C=CC(=O)OC(COc1ccc(Oc2ccccc2)cc1)COc1ccc(-c2ccc(OCC(COc3ccc(Oc4ccccc4)cc3)OC(=O)C=C)cc2)cc1. The molecule has 6 aromatic carbocycles. The maximum atomic E-state index is 12.0. The highest BCUT2D eigenvalue weighted by Crippen LogP contribution is 2.27. The van der Waals surface area contributed by atoms with Gasteiger partial charge in [0.05, 0.1) is 0 Å². The third-order valence-electron chi connectivity index (χ3n) is 8.29. The number of hydrogen-bond donors (Lipinski definition) is 0. The van der Waals surface area contributed by atoms with Gasteiger partial charge in [-0.25, -0.2) is 9.59 Å². The maximum absolute atomic E-state index is 12.0. The highest BCUT2D eigenvalue weighted by molar-refractivity contribution is 5.81. The second kappa shape index (κ2) is 21.0. The predicted molar refractivity (Wildman–Crippen MR) is 220 cm³/mol. The first kappa shape index (κ1) is 40.2. The van der Waals surface area contributed by atoms with Gasteiger partial charge in [-0.15, -0.1) is 0 Å². The molecule has 2 atom stereocenters. The zero-order valence-electron chi connectivity index (χ0n) is 31.6. The van der Waals surface area contributed by atoms with Crippen LogP contribution in [-0.4, -0.2) is 50.6 Å². The van der Waals surface area contributed by atoms with E-state index in [-0.39, 0.29) is 26.4 Å². The van der Waals surface area contributed by atoms with Gasteiger partial charge in [0.25, 0.3) is 0 Å². The van der Waals surface area contributed by atoms with Gasteiger partial charge in [0.1, 0.15) is 72.4 Å². The molecule has 0 saturated heterocycles. The number of carbonyl (C=O) groups excluding carboxylic acids is 2. The van der Waals surface area contributed by atoms with Crippen LogP contribution < -0.4 is 28.4 Å². The van der Waals surface area contributed by atoms with Crippen molar-refractivity contribution in [2.75, 3.05) is 26.4 Å². The van der Waals surface area contributed by atoms with Crippen molar-refractivity contribution in [2.45, 2.75) is 12.2 Å². The Morgan fingerprint density at radius 2 is 0.638 bits per heavy atom. The Kier molecular flexibility index (Phi) is 14.6.